The molecule has 1 atom stereocenters. The molecular formula is C14H21ClN2. The first-order valence-corrected chi connectivity index (χ1v) is 6.84. The number of hydrogen-bond donors (Lipinski definition) is 1. The zero-order valence-electron chi connectivity index (χ0n) is 10.2. The summed E-state index contributed by atoms with van der Waals surface area (Å²) in [6, 6.07) is 8.25. The summed E-state index contributed by atoms with van der Waals surface area (Å²) in [5.41, 5.74) is 7.41. The van der Waals surface area contributed by atoms with Crippen molar-refractivity contribution >= 4 is 11.6 Å². The van der Waals surface area contributed by atoms with E-state index in [1.165, 1.54) is 31.5 Å². The summed E-state index contributed by atoms with van der Waals surface area (Å²) in [6.45, 7) is 3.65. The molecule has 1 aliphatic heterocycles. The van der Waals surface area contributed by atoms with Crippen LogP contribution in [0.2, 0.25) is 5.02 Å². The Labute approximate surface area is 109 Å². The minimum Gasteiger partial charge on any atom is -0.327 e. The van der Waals surface area contributed by atoms with Crippen LogP contribution < -0.4 is 5.73 Å². The predicted octanol–water partition coefficient (Wildman–Crippen LogP) is 2.70. The first-order valence-electron chi connectivity index (χ1n) is 6.46. The fraction of sp³-hybridized carbons (Fsp3) is 0.571. The van der Waals surface area contributed by atoms with Gasteiger partial charge in [0.2, 0.25) is 0 Å². The third-order valence-corrected chi connectivity index (χ3v) is 3.64. The quantitative estimate of drug-likeness (QED) is 0.873. The fourth-order valence-corrected chi connectivity index (χ4v) is 2.64. The lowest BCUT2D eigenvalue weighted by molar-refractivity contribution is 0.321. The van der Waals surface area contributed by atoms with Crippen LogP contribution in [0.25, 0.3) is 0 Å². The van der Waals surface area contributed by atoms with Crippen molar-refractivity contribution in [2.24, 2.45) is 5.73 Å². The highest BCUT2D eigenvalue weighted by Gasteiger charge is 2.13. The molecule has 0 saturated carbocycles. The Morgan fingerprint density at radius 2 is 2.06 bits per heavy atom. The molecule has 2 nitrogen and oxygen atoms in total. The van der Waals surface area contributed by atoms with Gasteiger partial charge < -0.3 is 10.6 Å². The lowest BCUT2D eigenvalue weighted by atomic mass is 10.0. The molecular weight excluding hydrogens is 232 g/mol. The molecule has 2 N–H and O–H groups in total. The van der Waals surface area contributed by atoms with Gasteiger partial charge >= 0.3 is 0 Å². The Balaban J connectivity index is 1.74. The molecule has 3 heteroatoms. The lowest BCUT2D eigenvalue weighted by Crippen LogP contribution is -2.30. The molecule has 1 heterocycles. The number of benzene rings is 1. The van der Waals surface area contributed by atoms with Crippen LogP contribution in [0.4, 0.5) is 0 Å². The second kappa shape index (κ2) is 6.39. The van der Waals surface area contributed by atoms with E-state index >= 15 is 0 Å². The van der Waals surface area contributed by atoms with Gasteiger partial charge in [-0.2, -0.15) is 0 Å². The highest BCUT2D eigenvalue weighted by atomic mass is 35.5. The first kappa shape index (κ1) is 12.9. The maximum Gasteiger partial charge on any atom is 0.0408 e. The molecule has 1 aliphatic rings. The van der Waals surface area contributed by atoms with Crippen molar-refractivity contribution in [1.29, 1.82) is 0 Å². The van der Waals surface area contributed by atoms with Crippen LogP contribution in [0.15, 0.2) is 24.3 Å². The second-order valence-electron chi connectivity index (χ2n) is 4.93. The van der Waals surface area contributed by atoms with Gasteiger partial charge in [0, 0.05) is 11.1 Å². The van der Waals surface area contributed by atoms with Crippen LogP contribution in [-0.2, 0) is 6.42 Å². The Morgan fingerprint density at radius 3 is 2.76 bits per heavy atom. The van der Waals surface area contributed by atoms with Gasteiger partial charge in [-0.15, -0.1) is 0 Å². The van der Waals surface area contributed by atoms with Crippen LogP contribution in [0.5, 0.6) is 0 Å². The Kier molecular flexibility index (Phi) is 4.84. The van der Waals surface area contributed by atoms with Crippen molar-refractivity contribution < 1.29 is 0 Å². The van der Waals surface area contributed by atoms with Crippen LogP contribution in [0.1, 0.15) is 24.8 Å². The molecule has 0 unspecified atom stereocenters. The third-order valence-electron chi connectivity index (χ3n) is 3.40. The molecule has 1 fully saturated rings. The maximum absolute atomic E-state index is 6.16. The first-order chi connectivity index (χ1) is 8.24. The van der Waals surface area contributed by atoms with Crippen molar-refractivity contribution in [3.63, 3.8) is 0 Å². The third kappa shape index (κ3) is 4.30. The molecule has 0 bridgehead atoms. The van der Waals surface area contributed by atoms with Crippen LogP contribution in [0, 0.1) is 0 Å². The summed E-state index contributed by atoms with van der Waals surface area (Å²) >= 11 is 5.96. The van der Waals surface area contributed by atoms with E-state index in [1.807, 2.05) is 18.2 Å². The van der Waals surface area contributed by atoms with Crippen molar-refractivity contribution in [3.8, 4) is 0 Å². The van der Waals surface area contributed by atoms with E-state index in [9.17, 15) is 0 Å². The number of likely N-dealkylation sites (tertiary alicyclic amines) is 1. The van der Waals surface area contributed by atoms with Crippen molar-refractivity contribution in [2.75, 3.05) is 19.6 Å². The zero-order valence-corrected chi connectivity index (χ0v) is 11.0. The van der Waals surface area contributed by atoms with E-state index < -0.39 is 0 Å². The Bertz CT molecular complexity index is 348. The van der Waals surface area contributed by atoms with Gasteiger partial charge in [-0.05, 0) is 63.0 Å². The second-order valence-corrected chi connectivity index (χ2v) is 5.37. The molecule has 1 saturated heterocycles. The van der Waals surface area contributed by atoms with E-state index in [0.717, 1.165) is 24.4 Å². The minimum atomic E-state index is 0.245. The molecule has 1 aromatic carbocycles. The molecule has 0 aliphatic carbocycles. The van der Waals surface area contributed by atoms with Crippen molar-refractivity contribution in [3.05, 3.63) is 34.9 Å². The Morgan fingerprint density at radius 1 is 1.29 bits per heavy atom. The molecule has 0 radical (unpaired) electrons. The average molecular weight is 253 g/mol. The Hall–Kier alpha value is -0.570. The lowest BCUT2D eigenvalue weighted by Gasteiger charge is -2.18. The number of nitrogens with zero attached hydrogens (tertiary/aromatic N) is 1. The number of rotatable bonds is 5. The average Bonchev–Trinajstić information content (AvgIpc) is 2.79. The van der Waals surface area contributed by atoms with E-state index in [4.69, 9.17) is 17.3 Å². The summed E-state index contributed by atoms with van der Waals surface area (Å²) in [5, 5.41) is 0.800. The van der Waals surface area contributed by atoms with Crippen LogP contribution >= 0.6 is 11.6 Å². The standard InChI is InChI=1S/C14H21ClN2/c15-13-5-3-4-12(10-13)11-14(16)6-9-17-7-1-2-8-17/h3-5,10,14H,1-2,6-9,11,16H2/t14-/m0/s1. The fourth-order valence-electron chi connectivity index (χ4n) is 2.42. The van der Waals surface area contributed by atoms with E-state index in [1.54, 1.807) is 0 Å². The predicted molar refractivity (Wildman–Crippen MR) is 73.4 cm³/mol. The minimum absolute atomic E-state index is 0.245. The highest BCUT2D eigenvalue weighted by molar-refractivity contribution is 6.30. The van der Waals surface area contributed by atoms with Crippen molar-refractivity contribution in [2.45, 2.75) is 31.7 Å². The molecule has 1 aromatic rings. The smallest absolute Gasteiger partial charge is 0.0408 e. The number of halogens is 1. The molecule has 0 amide bonds. The van der Waals surface area contributed by atoms with Gasteiger partial charge in [-0.1, -0.05) is 23.7 Å². The van der Waals surface area contributed by atoms with Gasteiger partial charge in [0.25, 0.3) is 0 Å². The van der Waals surface area contributed by atoms with Gasteiger partial charge in [0.15, 0.2) is 0 Å². The van der Waals surface area contributed by atoms with Gasteiger partial charge in [0.1, 0.15) is 0 Å². The van der Waals surface area contributed by atoms with Crippen molar-refractivity contribution in [1.82, 2.24) is 4.90 Å². The summed E-state index contributed by atoms with van der Waals surface area (Å²) in [4.78, 5) is 2.51. The summed E-state index contributed by atoms with van der Waals surface area (Å²) < 4.78 is 0. The van der Waals surface area contributed by atoms with E-state index in [-0.39, 0.29) is 6.04 Å². The van der Waals surface area contributed by atoms with Gasteiger partial charge in [-0.25, -0.2) is 0 Å². The number of hydrogen-bond acceptors (Lipinski definition) is 2. The number of nitrogens with two attached hydrogens (primary N) is 1. The molecule has 17 heavy (non-hydrogen) atoms. The summed E-state index contributed by atoms with van der Waals surface area (Å²) in [6.07, 6.45) is 4.70. The van der Waals surface area contributed by atoms with Crippen LogP contribution in [0.3, 0.4) is 0 Å². The maximum atomic E-state index is 6.16. The SMILES string of the molecule is N[C@@H](CCN1CCCC1)Cc1cccc(Cl)c1. The topological polar surface area (TPSA) is 29.3 Å². The monoisotopic (exact) mass is 252 g/mol. The normalized spacial score (nSPS) is 18.5. The molecule has 0 aromatic heterocycles. The van der Waals surface area contributed by atoms with E-state index in [0.29, 0.717) is 0 Å². The largest absolute Gasteiger partial charge is 0.327 e. The molecule has 0 spiro atoms. The van der Waals surface area contributed by atoms with E-state index in [2.05, 4.69) is 11.0 Å². The van der Waals surface area contributed by atoms with Crippen LogP contribution in [-0.4, -0.2) is 30.6 Å². The summed E-state index contributed by atoms with van der Waals surface area (Å²) in [7, 11) is 0. The molecule has 2 rings (SSSR count). The molecule has 94 valence electrons. The highest BCUT2D eigenvalue weighted by Crippen LogP contribution is 2.13. The van der Waals surface area contributed by atoms with Gasteiger partial charge in [-0.3, -0.25) is 0 Å². The summed E-state index contributed by atoms with van der Waals surface area (Å²) in [5.74, 6) is 0. The zero-order chi connectivity index (χ0) is 12.1. The van der Waals surface area contributed by atoms with Gasteiger partial charge in [0.05, 0.1) is 0 Å².